The van der Waals surface area contributed by atoms with Crippen LogP contribution in [0.25, 0.3) is 111 Å². The van der Waals surface area contributed by atoms with Gasteiger partial charge in [0.2, 0.25) is 0 Å². The molecule has 0 fully saturated rings. The third kappa shape index (κ3) is 7.71. The lowest BCUT2D eigenvalue weighted by Crippen LogP contribution is -2.08. The second-order valence-electron chi connectivity index (χ2n) is 19.1. The van der Waals surface area contributed by atoms with Crippen LogP contribution in [0, 0.1) is 39.0 Å². The number of nitrogens with zero attached hydrogens (tertiary/aromatic N) is 3. The molecule has 2 aromatic heterocycles. The lowest BCUT2D eigenvalue weighted by Gasteiger charge is -2.20. The molecule has 0 amide bonds. The van der Waals surface area contributed by atoms with Gasteiger partial charge in [-0.25, -0.2) is 0 Å². The summed E-state index contributed by atoms with van der Waals surface area (Å²) in [5, 5.41) is 14.4. The van der Waals surface area contributed by atoms with Crippen LogP contribution in [0.5, 0.6) is 0 Å². The van der Waals surface area contributed by atoms with E-state index in [1.165, 1.54) is 17.2 Å². The predicted octanol–water partition coefficient (Wildman–Crippen LogP) is 18.3. The van der Waals surface area contributed by atoms with Crippen LogP contribution < -0.4 is 0 Å². The van der Waals surface area contributed by atoms with Crippen LogP contribution >= 0.6 is 0 Å². The number of rotatable bonds is 7. The van der Waals surface area contributed by atoms with Crippen molar-refractivity contribution < 1.29 is 13.2 Å². The first-order valence-electron chi connectivity index (χ1n) is 24.1. The summed E-state index contributed by atoms with van der Waals surface area (Å²) in [6.45, 7) is 8.28. The largest absolute Gasteiger partial charge is 0.416 e. The number of aromatic nitrogens is 2. The molecule has 0 spiro atoms. The number of alkyl halides is 3. The molecule has 3 nitrogen and oxygen atoms in total. The summed E-state index contributed by atoms with van der Waals surface area (Å²) in [5.41, 5.74) is 18.2. The van der Waals surface area contributed by atoms with Crippen molar-refractivity contribution in [2.24, 2.45) is 0 Å². The van der Waals surface area contributed by atoms with Gasteiger partial charge < -0.3 is 9.13 Å². The second-order valence-corrected chi connectivity index (χ2v) is 19.1. The molecule has 0 aliphatic rings. The Kier molecular flexibility index (Phi) is 10.6. The van der Waals surface area contributed by atoms with Crippen molar-refractivity contribution in [2.45, 2.75) is 33.9 Å². The minimum absolute atomic E-state index is 0.344. The number of hydrogen-bond acceptors (Lipinski definition) is 1. The van der Waals surface area contributed by atoms with E-state index >= 15 is 13.2 Å². The first-order valence-corrected chi connectivity index (χ1v) is 24.1. The topological polar surface area (TPSA) is 33.6 Å². The van der Waals surface area contributed by atoms with Crippen LogP contribution in [0.15, 0.2) is 206 Å². The first-order chi connectivity index (χ1) is 34.9. The van der Waals surface area contributed by atoms with Crippen LogP contribution in [0.4, 0.5) is 13.2 Å². The smallest absolute Gasteiger partial charge is 0.309 e. The first kappa shape index (κ1) is 44.3. The standard InChI is InChI=1S/C66H46F3N3/c1-40-5-14-45(15-6-40)49-22-29-61-56(34-49)57-35-50(46-16-7-41(2)8-17-46)23-30-62(57)71(61)60-28-13-44(39-70)33-55(60)54-27-26-53(66(67,68)69)38-65(54)72-63-31-24-51(47-18-9-42(3)10-19-47)36-58(63)59-37-52(25-32-64(59)72)48-20-11-43(4)12-21-48/h5-38H,1-4H3. The second kappa shape index (κ2) is 17.2. The number of benzene rings is 10. The van der Waals surface area contributed by atoms with Gasteiger partial charge in [0.25, 0.3) is 0 Å². The molecule has 0 N–H and O–H groups in total. The maximum absolute atomic E-state index is 15.2. The highest BCUT2D eigenvalue weighted by Crippen LogP contribution is 2.45. The highest BCUT2D eigenvalue weighted by Gasteiger charge is 2.32. The summed E-state index contributed by atoms with van der Waals surface area (Å²) in [7, 11) is 0. The molecule has 6 heteroatoms. The van der Waals surface area contributed by atoms with Gasteiger partial charge in [-0.2, -0.15) is 18.4 Å². The SMILES string of the molecule is Cc1ccc(-c2ccc3c(c2)c2cc(-c4ccc(C)cc4)ccc2n3-c2ccc(C#N)cc2-c2ccc(C(F)(F)F)cc2-n2c3ccc(-c4ccc(C)cc4)cc3c3cc(-c4ccc(C)cc4)ccc32)cc1. The maximum Gasteiger partial charge on any atom is 0.416 e. The van der Waals surface area contributed by atoms with E-state index in [4.69, 9.17) is 0 Å². The number of hydrogen-bond donors (Lipinski definition) is 0. The number of fused-ring (bicyclic) bond motifs is 6. The van der Waals surface area contributed by atoms with Crippen LogP contribution in [-0.4, -0.2) is 9.13 Å². The van der Waals surface area contributed by atoms with Crippen LogP contribution in [0.2, 0.25) is 0 Å². The lowest BCUT2D eigenvalue weighted by atomic mass is 9.96. The number of halogens is 3. The Labute approximate surface area is 415 Å². The van der Waals surface area contributed by atoms with Crippen molar-refractivity contribution in [1.82, 2.24) is 9.13 Å². The molecule has 0 saturated carbocycles. The predicted molar refractivity (Wildman–Crippen MR) is 291 cm³/mol. The van der Waals surface area contributed by atoms with Crippen molar-refractivity contribution >= 4 is 43.6 Å². The molecule has 12 rings (SSSR count). The molecule has 0 radical (unpaired) electrons. The number of aryl methyl sites for hydroxylation is 4. The van der Waals surface area contributed by atoms with Crippen molar-refractivity contribution in [2.75, 3.05) is 0 Å². The van der Waals surface area contributed by atoms with Gasteiger partial charge in [-0.3, -0.25) is 0 Å². The molecule has 0 atom stereocenters. The summed E-state index contributed by atoms with van der Waals surface area (Å²) in [5.74, 6) is 0. The molecule has 0 unspecified atom stereocenters. The zero-order valence-electron chi connectivity index (χ0n) is 40.1. The molecule has 2 heterocycles. The molecule has 346 valence electrons. The van der Waals surface area contributed by atoms with E-state index in [1.807, 2.05) is 41.0 Å². The third-order valence-electron chi connectivity index (χ3n) is 14.3. The molecule has 0 aliphatic heterocycles. The molecule has 10 aromatic carbocycles. The summed E-state index contributed by atoms with van der Waals surface area (Å²) in [6.07, 6.45) is -4.64. The molecular weight excluding hydrogens is 892 g/mol. The van der Waals surface area contributed by atoms with E-state index in [-0.39, 0.29) is 0 Å². The number of nitriles is 1. The summed E-state index contributed by atoms with van der Waals surface area (Å²) in [4.78, 5) is 0. The minimum atomic E-state index is -4.64. The Balaban J connectivity index is 1.14. The molecular formula is C66H46F3N3. The van der Waals surface area contributed by atoms with Gasteiger partial charge in [-0.05, 0) is 151 Å². The van der Waals surface area contributed by atoms with E-state index in [2.05, 4.69) is 184 Å². The van der Waals surface area contributed by atoms with Gasteiger partial charge in [0.05, 0.1) is 50.6 Å². The maximum atomic E-state index is 15.2. The van der Waals surface area contributed by atoms with Gasteiger partial charge in [0, 0.05) is 32.7 Å². The average molecular weight is 938 g/mol. The Morgan fingerprint density at radius 2 is 0.667 bits per heavy atom. The van der Waals surface area contributed by atoms with Crippen LogP contribution in [0.3, 0.4) is 0 Å². The van der Waals surface area contributed by atoms with Crippen molar-refractivity contribution in [3.63, 3.8) is 0 Å². The molecule has 72 heavy (non-hydrogen) atoms. The van der Waals surface area contributed by atoms with Gasteiger partial charge in [-0.15, -0.1) is 0 Å². The van der Waals surface area contributed by atoms with Gasteiger partial charge >= 0.3 is 6.18 Å². The van der Waals surface area contributed by atoms with Crippen LogP contribution in [-0.2, 0) is 6.18 Å². The van der Waals surface area contributed by atoms with E-state index in [0.29, 0.717) is 22.4 Å². The van der Waals surface area contributed by atoms with Crippen molar-refractivity contribution in [3.05, 3.63) is 240 Å². The Bertz CT molecular complexity index is 3940. The van der Waals surface area contributed by atoms with E-state index < -0.39 is 11.7 Å². The summed E-state index contributed by atoms with van der Waals surface area (Å²) >= 11 is 0. The highest BCUT2D eigenvalue weighted by atomic mass is 19.4. The summed E-state index contributed by atoms with van der Waals surface area (Å²) in [6, 6.07) is 71.1. The Morgan fingerprint density at radius 1 is 0.333 bits per heavy atom. The fourth-order valence-electron chi connectivity index (χ4n) is 10.4. The Morgan fingerprint density at radius 3 is 1.00 bits per heavy atom. The summed E-state index contributed by atoms with van der Waals surface area (Å²) < 4.78 is 49.7. The average Bonchev–Trinajstić information content (AvgIpc) is 3.90. The normalized spacial score (nSPS) is 11.8. The molecule has 0 saturated heterocycles. The highest BCUT2D eigenvalue weighted by molar-refractivity contribution is 6.14. The van der Waals surface area contributed by atoms with Gasteiger partial charge in [0.15, 0.2) is 0 Å². The monoisotopic (exact) mass is 937 g/mol. The third-order valence-corrected chi connectivity index (χ3v) is 14.3. The lowest BCUT2D eigenvalue weighted by molar-refractivity contribution is -0.137. The zero-order valence-corrected chi connectivity index (χ0v) is 40.1. The molecule has 0 bridgehead atoms. The minimum Gasteiger partial charge on any atom is -0.309 e. The Hall–Kier alpha value is -8.92. The fourth-order valence-corrected chi connectivity index (χ4v) is 10.4. The molecule has 0 aliphatic carbocycles. The van der Waals surface area contributed by atoms with Crippen molar-refractivity contribution in [1.29, 1.82) is 5.26 Å². The fraction of sp³-hybridized carbons (Fsp3) is 0.0758. The zero-order chi connectivity index (χ0) is 49.4. The van der Waals surface area contributed by atoms with E-state index in [0.717, 1.165) is 111 Å². The van der Waals surface area contributed by atoms with E-state index in [9.17, 15) is 5.26 Å². The van der Waals surface area contributed by atoms with Gasteiger partial charge in [0.1, 0.15) is 0 Å². The van der Waals surface area contributed by atoms with E-state index in [1.54, 1.807) is 12.1 Å². The molecule has 12 aromatic rings. The van der Waals surface area contributed by atoms with Crippen molar-refractivity contribution in [3.8, 4) is 73.1 Å². The van der Waals surface area contributed by atoms with Gasteiger partial charge in [-0.1, -0.05) is 150 Å². The quantitative estimate of drug-likeness (QED) is 0.157. The van der Waals surface area contributed by atoms with Crippen LogP contribution in [0.1, 0.15) is 33.4 Å².